The number of likely N-dealkylation sites (N-methyl/N-ethyl adjacent to an activating group) is 1. The molecule has 0 saturated carbocycles. The van der Waals surface area contributed by atoms with Crippen molar-refractivity contribution in [1.29, 1.82) is 0 Å². The van der Waals surface area contributed by atoms with E-state index in [4.69, 9.17) is 9.47 Å². The number of hydrogen-bond acceptors (Lipinski definition) is 3. The van der Waals surface area contributed by atoms with Crippen molar-refractivity contribution in [3.63, 3.8) is 0 Å². The lowest BCUT2D eigenvalue weighted by Gasteiger charge is -2.17. The van der Waals surface area contributed by atoms with Crippen molar-refractivity contribution in [1.82, 2.24) is 5.32 Å². The third-order valence-corrected chi connectivity index (χ3v) is 4.38. The van der Waals surface area contributed by atoms with Crippen molar-refractivity contribution in [3.05, 3.63) is 59.2 Å². The third kappa shape index (κ3) is 5.77. The Labute approximate surface area is 155 Å². The van der Waals surface area contributed by atoms with Gasteiger partial charge in [0.25, 0.3) is 5.91 Å². The average molecular weight is 357 g/mol. The predicted molar refractivity (Wildman–Crippen MR) is 103 cm³/mol. The van der Waals surface area contributed by atoms with E-state index >= 15 is 0 Å². The summed E-state index contributed by atoms with van der Waals surface area (Å²) in [6, 6.07) is 14.1. The molecule has 2 rings (SSSR count). The van der Waals surface area contributed by atoms with Crippen LogP contribution < -0.4 is 19.7 Å². The molecule has 1 atom stereocenters. The number of amides is 1. The van der Waals surface area contributed by atoms with Gasteiger partial charge in [0.1, 0.15) is 6.54 Å². The summed E-state index contributed by atoms with van der Waals surface area (Å²) in [7, 11) is 5.29. The van der Waals surface area contributed by atoms with Crippen LogP contribution >= 0.6 is 0 Å². The van der Waals surface area contributed by atoms with Crippen LogP contribution in [0.3, 0.4) is 0 Å². The Bertz CT molecular complexity index is 717. The molecule has 2 aromatic rings. The summed E-state index contributed by atoms with van der Waals surface area (Å²) >= 11 is 0. The van der Waals surface area contributed by atoms with Gasteiger partial charge in [0.2, 0.25) is 0 Å². The maximum atomic E-state index is 12.2. The smallest absolute Gasteiger partial charge is 0.275 e. The SMILES string of the molecule is COc1cc(C)c(C[NH+](C)CC(=O)NCCc2ccccc2)cc1OC. The Morgan fingerprint density at radius 3 is 2.38 bits per heavy atom. The molecule has 2 aromatic carbocycles. The molecule has 0 saturated heterocycles. The Kier molecular flexibility index (Phi) is 7.48. The van der Waals surface area contributed by atoms with E-state index in [2.05, 4.69) is 17.4 Å². The molecule has 0 heterocycles. The summed E-state index contributed by atoms with van der Waals surface area (Å²) < 4.78 is 10.7. The van der Waals surface area contributed by atoms with Gasteiger partial charge in [0, 0.05) is 12.1 Å². The zero-order chi connectivity index (χ0) is 18.9. The van der Waals surface area contributed by atoms with E-state index in [1.165, 1.54) is 5.56 Å². The van der Waals surface area contributed by atoms with Gasteiger partial charge in [-0.2, -0.15) is 0 Å². The van der Waals surface area contributed by atoms with E-state index in [0.29, 0.717) is 18.8 Å². The van der Waals surface area contributed by atoms with Crippen molar-refractivity contribution in [2.45, 2.75) is 19.9 Å². The predicted octanol–water partition coefficient (Wildman–Crippen LogP) is 1.39. The van der Waals surface area contributed by atoms with Gasteiger partial charge in [-0.15, -0.1) is 0 Å². The number of nitrogens with one attached hydrogen (secondary N) is 2. The van der Waals surface area contributed by atoms with E-state index in [1.54, 1.807) is 14.2 Å². The monoisotopic (exact) mass is 357 g/mol. The van der Waals surface area contributed by atoms with Gasteiger partial charge in [-0.05, 0) is 36.6 Å². The second-order valence-corrected chi connectivity index (χ2v) is 6.53. The van der Waals surface area contributed by atoms with Crippen molar-refractivity contribution >= 4 is 5.91 Å². The number of ether oxygens (including phenoxy) is 2. The highest BCUT2D eigenvalue weighted by Gasteiger charge is 2.14. The van der Waals surface area contributed by atoms with Gasteiger partial charge < -0.3 is 19.7 Å². The maximum absolute atomic E-state index is 12.2. The van der Waals surface area contributed by atoms with Gasteiger partial charge in [-0.25, -0.2) is 0 Å². The minimum Gasteiger partial charge on any atom is -0.493 e. The number of quaternary nitrogens is 1. The molecule has 1 unspecified atom stereocenters. The highest BCUT2D eigenvalue weighted by Crippen LogP contribution is 2.29. The van der Waals surface area contributed by atoms with Crippen LogP contribution in [-0.2, 0) is 17.8 Å². The fraction of sp³-hybridized carbons (Fsp3) is 0.381. The van der Waals surface area contributed by atoms with E-state index in [1.807, 2.05) is 44.3 Å². The number of methoxy groups -OCH3 is 2. The molecule has 0 fully saturated rings. The third-order valence-electron chi connectivity index (χ3n) is 4.38. The van der Waals surface area contributed by atoms with E-state index < -0.39 is 0 Å². The van der Waals surface area contributed by atoms with Gasteiger partial charge >= 0.3 is 0 Å². The molecule has 0 bridgehead atoms. The molecule has 0 spiro atoms. The highest BCUT2D eigenvalue weighted by molar-refractivity contribution is 5.76. The summed E-state index contributed by atoms with van der Waals surface area (Å²) in [5, 5.41) is 3.00. The number of carbonyl (C=O) groups excluding carboxylic acids is 1. The Morgan fingerprint density at radius 2 is 1.73 bits per heavy atom. The van der Waals surface area contributed by atoms with Crippen LogP contribution in [0.4, 0.5) is 0 Å². The quantitative estimate of drug-likeness (QED) is 0.713. The number of aryl methyl sites for hydroxylation is 1. The van der Waals surface area contributed by atoms with Crippen LogP contribution in [0.25, 0.3) is 0 Å². The maximum Gasteiger partial charge on any atom is 0.275 e. The molecule has 2 N–H and O–H groups in total. The molecule has 5 nitrogen and oxygen atoms in total. The number of carbonyl (C=O) groups is 1. The zero-order valence-electron chi connectivity index (χ0n) is 16.1. The summed E-state index contributed by atoms with van der Waals surface area (Å²) in [5.74, 6) is 1.51. The molecule has 0 radical (unpaired) electrons. The standard InChI is InChI=1S/C21H28N2O3/c1-16-12-19(25-3)20(26-4)13-18(16)14-23(2)15-21(24)22-11-10-17-8-6-5-7-9-17/h5-9,12-13H,10-11,14-15H2,1-4H3,(H,22,24)/p+1. The lowest BCUT2D eigenvalue weighted by atomic mass is 10.1. The fourth-order valence-corrected chi connectivity index (χ4v) is 2.93. The topological polar surface area (TPSA) is 52.0 Å². The van der Waals surface area contributed by atoms with Crippen molar-refractivity contribution < 1.29 is 19.2 Å². The zero-order valence-corrected chi connectivity index (χ0v) is 16.1. The molecule has 5 heteroatoms. The molecule has 0 aliphatic heterocycles. The van der Waals surface area contributed by atoms with E-state index in [0.717, 1.165) is 34.7 Å². The number of hydrogen-bond donors (Lipinski definition) is 2. The van der Waals surface area contributed by atoms with Gasteiger partial charge in [-0.1, -0.05) is 30.3 Å². The molecular formula is C21H29N2O3+. The van der Waals surface area contributed by atoms with Crippen LogP contribution in [0, 0.1) is 6.92 Å². The second-order valence-electron chi connectivity index (χ2n) is 6.53. The van der Waals surface area contributed by atoms with Crippen LogP contribution in [-0.4, -0.2) is 40.3 Å². The molecule has 140 valence electrons. The Balaban J connectivity index is 1.84. The molecule has 26 heavy (non-hydrogen) atoms. The van der Waals surface area contributed by atoms with Gasteiger partial charge in [0.05, 0.1) is 21.3 Å². The average Bonchev–Trinajstić information content (AvgIpc) is 2.63. The number of rotatable bonds is 9. The summed E-state index contributed by atoms with van der Waals surface area (Å²) in [5.41, 5.74) is 3.51. The Hall–Kier alpha value is -2.53. The first-order valence-corrected chi connectivity index (χ1v) is 8.87. The van der Waals surface area contributed by atoms with Crippen molar-refractivity contribution in [2.75, 3.05) is 34.4 Å². The first-order chi connectivity index (χ1) is 12.5. The summed E-state index contributed by atoms with van der Waals surface area (Å²) in [6.07, 6.45) is 0.848. The minimum atomic E-state index is 0.0663. The first-order valence-electron chi connectivity index (χ1n) is 8.87. The summed E-state index contributed by atoms with van der Waals surface area (Å²) in [4.78, 5) is 13.3. The molecule has 1 amide bonds. The lowest BCUT2D eigenvalue weighted by Crippen LogP contribution is -3.09. The largest absolute Gasteiger partial charge is 0.493 e. The highest BCUT2D eigenvalue weighted by atomic mass is 16.5. The first kappa shape index (κ1) is 19.8. The van der Waals surface area contributed by atoms with Crippen LogP contribution in [0.15, 0.2) is 42.5 Å². The van der Waals surface area contributed by atoms with Gasteiger partial charge in [-0.3, -0.25) is 4.79 Å². The molecule has 0 aliphatic rings. The molecule has 0 aromatic heterocycles. The van der Waals surface area contributed by atoms with Gasteiger partial charge in [0.15, 0.2) is 18.0 Å². The summed E-state index contributed by atoms with van der Waals surface area (Å²) in [6.45, 7) is 3.89. The normalized spacial score (nSPS) is 11.7. The molecule has 0 aliphatic carbocycles. The van der Waals surface area contributed by atoms with Crippen molar-refractivity contribution in [3.8, 4) is 11.5 Å². The van der Waals surface area contributed by atoms with E-state index in [9.17, 15) is 4.79 Å². The van der Waals surface area contributed by atoms with Crippen LogP contribution in [0.2, 0.25) is 0 Å². The van der Waals surface area contributed by atoms with Crippen LogP contribution in [0.1, 0.15) is 16.7 Å². The minimum absolute atomic E-state index is 0.0663. The van der Waals surface area contributed by atoms with Crippen LogP contribution in [0.5, 0.6) is 11.5 Å². The fourth-order valence-electron chi connectivity index (χ4n) is 2.93. The van der Waals surface area contributed by atoms with Crippen molar-refractivity contribution in [2.24, 2.45) is 0 Å². The lowest BCUT2D eigenvalue weighted by molar-refractivity contribution is -0.885. The Morgan fingerprint density at radius 1 is 1.08 bits per heavy atom. The van der Waals surface area contributed by atoms with E-state index in [-0.39, 0.29) is 5.91 Å². The molecular weight excluding hydrogens is 328 g/mol. The second kappa shape index (κ2) is 9.82. The number of benzene rings is 2.